The predicted octanol–water partition coefficient (Wildman–Crippen LogP) is 4.60. The molecular formula is C20H18BrF3N4O4. The highest BCUT2D eigenvalue weighted by Crippen LogP contribution is 2.39. The van der Waals surface area contributed by atoms with Gasteiger partial charge in [0.25, 0.3) is 0 Å². The zero-order valence-corrected chi connectivity index (χ0v) is 18.5. The summed E-state index contributed by atoms with van der Waals surface area (Å²) < 4.78 is 59.4. The highest BCUT2D eigenvalue weighted by atomic mass is 79.9. The van der Waals surface area contributed by atoms with Gasteiger partial charge in [-0.15, -0.1) is 13.2 Å². The van der Waals surface area contributed by atoms with Crippen LogP contribution in [0.4, 0.5) is 19.0 Å². The van der Waals surface area contributed by atoms with Crippen molar-refractivity contribution in [2.24, 2.45) is 0 Å². The van der Waals surface area contributed by atoms with Crippen LogP contribution in [0, 0.1) is 6.92 Å². The minimum atomic E-state index is -4.80. The van der Waals surface area contributed by atoms with Crippen molar-refractivity contribution in [3.05, 3.63) is 28.6 Å². The molecule has 2 fully saturated rings. The Morgan fingerprint density at radius 1 is 1.09 bits per heavy atom. The van der Waals surface area contributed by atoms with Crippen LogP contribution in [0.15, 0.2) is 27.2 Å². The van der Waals surface area contributed by atoms with Gasteiger partial charge in [-0.1, -0.05) is 5.16 Å². The first kappa shape index (κ1) is 21.4. The van der Waals surface area contributed by atoms with E-state index in [1.807, 2.05) is 0 Å². The Kier molecular flexibility index (Phi) is 5.25. The molecule has 2 aromatic heterocycles. The van der Waals surface area contributed by atoms with Crippen LogP contribution in [-0.2, 0) is 9.47 Å². The number of fused-ring (bicyclic) bond motifs is 1. The molecule has 8 nitrogen and oxygen atoms in total. The Labute approximate surface area is 188 Å². The third-order valence-electron chi connectivity index (χ3n) is 5.47. The van der Waals surface area contributed by atoms with Crippen molar-refractivity contribution in [2.75, 3.05) is 31.2 Å². The molecule has 2 aliphatic rings. The lowest BCUT2D eigenvalue weighted by Gasteiger charge is -2.38. The molecule has 2 aliphatic heterocycles. The summed E-state index contributed by atoms with van der Waals surface area (Å²) in [5, 5.41) is 4.44. The van der Waals surface area contributed by atoms with Crippen molar-refractivity contribution >= 4 is 32.7 Å². The maximum Gasteiger partial charge on any atom is 0.573 e. The molecule has 3 aromatic rings. The molecule has 0 unspecified atom stereocenters. The van der Waals surface area contributed by atoms with E-state index >= 15 is 0 Å². The summed E-state index contributed by atoms with van der Waals surface area (Å²) in [6.45, 7) is 4.06. The number of rotatable bonds is 3. The maximum atomic E-state index is 12.7. The summed E-state index contributed by atoms with van der Waals surface area (Å²) in [5.41, 5.74) is 1.04. The highest BCUT2D eigenvalue weighted by molar-refractivity contribution is 9.10. The van der Waals surface area contributed by atoms with Crippen LogP contribution in [0.3, 0.4) is 0 Å². The number of aryl methyl sites for hydroxylation is 1. The first-order valence-electron chi connectivity index (χ1n) is 9.95. The van der Waals surface area contributed by atoms with Crippen LogP contribution >= 0.6 is 15.9 Å². The Morgan fingerprint density at radius 2 is 1.81 bits per heavy atom. The Balaban J connectivity index is 1.58. The fraction of sp³-hybridized carbons (Fsp3) is 0.450. The number of hydrogen-bond donors (Lipinski definition) is 0. The van der Waals surface area contributed by atoms with E-state index in [0.717, 1.165) is 0 Å². The maximum absolute atomic E-state index is 12.7. The van der Waals surface area contributed by atoms with Gasteiger partial charge in [0.2, 0.25) is 11.7 Å². The van der Waals surface area contributed by atoms with Gasteiger partial charge in [0.15, 0.2) is 5.79 Å². The van der Waals surface area contributed by atoms with Gasteiger partial charge in [0, 0.05) is 42.7 Å². The van der Waals surface area contributed by atoms with Crippen molar-refractivity contribution < 1.29 is 31.9 Å². The predicted molar refractivity (Wildman–Crippen MR) is 110 cm³/mol. The number of benzene rings is 1. The molecule has 170 valence electrons. The summed E-state index contributed by atoms with van der Waals surface area (Å²) in [5.74, 6) is 0.375. The molecule has 0 atom stereocenters. The monoisotopic (exact) mass is 514 g/mol. The number of nitrogens with zero attached hydrogens (tertiary/aromatic N) is 4. The number of anilines is 1. The molecule has 5 rings (SSSR count). The van der Waals surface area contributed by atoms with Crippen LogP contribution < -0.4 is 9.64 Å². The molecule has 1 spiro atoms. The zero-order valence-electron chi connectivity index (χ0n) is 16.9. The molecule has 1 aromatic carbocycles. The quantitative estimate of drug-likeness (QED) is 0.501. The lowest BCUT2D eigenvalue weighted by atomic mass is 10.0. The molecule has 2 saturated heterocycles. The second-order valence-corrected chi connectivity index (χ2v) is 8.47. The molecule has 4 heterocycles. The van der Waals surface area contributed by atoms with Gasteiger partial charge < -0.3 is 23.6 Å². The average molecular weight is 515 g/mol. The summed E-state index contributed by atoms with van der Waals surface area (Å²) in [6.07, 6.45) is -3.48. The van der Waals surface area contributed by atoms with Gasteiger partial charge in [-0.25, -0.2) is 4.98 Å². The molecule has 0 amide bonds. The fourth-order valence-corrected chi connectivity index (χ4v) is 4.60. The van der Waals surface area contributed by atoms with Gasteiger partial charge in [-0.3, -0.25) is 0 Å². The standard InChI is InChI=1S/C20H18BrF3N4O4/c1-11-25-17(27-32-11)14-9-12-8-13(31-20(22,23)24)10-15(21)16(12)26-18(14)28-4-2-19(3-5-28)29-6-7-30-19/h8-10H,2-7H2,1H3. The van der Waals surface area contributed by atoms with E-state index in [2.05, 4.69) is 35.7 Å². The SMILES string of the molecule is Cc1nc(-c2cc3cc(OC(F)(F)F)cc(Br)c3nc2N2CCC3(CC2)OCCO3)no1. The summed E-state index contributed by atoms with van der Waals surface area (Å²) in [6, 6.07) is 4.23. The van der Waals surface area contributed by atoms with Gasteiger partial charge in [0.05, 0.1) is 24.3 Å². The van der Waals surface area contributed by atoms with Gasteiger partial charge in [0.1, 0.15) is 11.6 Å². The van der Waals surface area contributed by atoms with E-state index in [1.54, 1.807) is 13.0 Å². The molecular weight excluding hydrogens is 497 g/mol. The van der Waals surface area contributed by atoms with E-state index in [4.69, 9.17) is 19.0 Å². The molecule has 0 radical (unpaired) electrons. The van der Waals surface area contributed by atoms with Crippen LogP contribution in [0.25, 0.3) is 22.3 Å². The second kappa shape index (κ2) is 7.85. The Bertz CT molecular complexity index is 1150. The van der Waals surface area contributed by atoms with Crippen molar-refractivity contribution in [3.63, 3.8) is 0 Å². The van der Waals surface area contributed by atoms with Crippen LogP contribution in [0.1, 0.15) is 18.7 Å². The minimum Gasteiger partial charge on any atom is -0.406 e. The van der Waals surface area contributed by atoms with E-state index in [-0.39, 0.29) is 5.75 Å². The van der Waals surface area contributed by atoms with E-state index in [0.29, 0.717) is 77.6 Å². The number of ether oxygens (including phenoxy) is 3. The highest BCUT2D eigenvalue weighted by Gasteiger charge is 2.40. The third-order valence-corrected chi connectivity index (χ3v) is 6.07. The van der Waals surface area contributed by atoms with E-state index in [9.17, 15) is 13.2 Å². The number of aromatic nitrogens is 3. The van der Waals surface area contributed by atoms with Crippen LogP contribution in [0.2, 0.25) is 0 Å². The van der Waals surface area contributed by atoms with Crippen molar-refractivity contribution in [2.45, 2.75) is 31.9 Å². The largest absolute Gasteiger partial charge is 0.573 e. The minimum absolute atomic E-state index is 0.304. The summed E-state index contributed by atoms with van der Waals surface area (Å²) >= 11 is 3.33. The topological polar surface area (TPSA) is 82.7 Å². The van der Waals surface area contributed by atoms with Gasteiger partial charge in [-0.2, -0.15) is 4.98 Å². The fourth-order valence-electron chi connectivity index (χ4n) is 4.06. The Hall–Kier alpha value is -2.44. The van der Waals surface area contributed by atoms with E-state index < -0.39 is 12.1 Å². The third kappa shape index (κ3) is 4.14. The van der Waals surface area contributed by atoms with Crippen LogP contribution in [-0.4, -0.2) is 53.6 Å². The molecule has 12 heteroatoms. The number of hydrogen-bond acceptors (Lipinski definition) is 8. The van der Waals surface area contributed by atoms with E-state index in [1.165, 1.54) is 12.1 Å². The second-order valence-electron chi connectivity index (χ2n) is 7.62. The molecule has 0 aliphatic carbocycles. The average Bonchev–Trinajstić information content (AvgIpc) is 3.36. The van der Waals surface area contributed by atoms with Gasteiger partial charge >= 0.3 is 6.36 Å². The number of pyridine rings is 1. The van der Waals surface area contributed by atoms with Crippen LogP contribution in [0.5, 0.6) is 5.75 Å². The zero-order chi connectivity index (χ0) is 22.5. The molecule has 0 N–H and O–H groups in total. The normalized spacial score (nSPS) is 18.6. The van der Waals surface area contributed by atoms with Crippen molar-refractivity contribution in [1.82, 2.24) is 15.1 Å². The first-order valence-corrected chi connectivity index (χ1v) is 10.7. The molecule has 32 heavy (non-hydrogen) atoms. The van der Waals surface area contributed by atoms with Gasteiger partial charge in [-0.05, 0) is 34.1 Å². The number of alkyl halides is 3. The lowest BCUT2D eigenvalue weighted by molar-refractivity contribution is -0.274. The smallest absolute Gasteiger partial charge is 0.406 e. The number of piperidine rings is 1. The molecule has 0 bridgehead atoms. The summed E-state index contributed by atoms with van der Waals surface area (Å²) in [4.78, 5) is 11.1. The van der Waals surface area contributed by atoms with Crippen molar-refractivity contribution in [3.8, 4) is 17.1 Å². The summed E-state index contributed by atoms with van der Waals surface area (Å²) in [7, 11) is 0. The Morgan fingerprint density at radius 3 is 2.44 bits per heavy atom. The lowest BCUT2D eigenvalue weighted by Crippen LogP contribution is -2.45. The number of halogens is 4. The molecule has 0 saturated carbocycles. The first-order chi connectivity index (χ1) is 15.2. The van der Waals surface area contributed by atoms with Crippen molar-refractivity contribution in [1.29, 1.82) is 0 Å².